The van der Waals surface area contributed by atoms with Gasteiger partial charge in [-0.15, -0.1) is 0 Å². The molecule has 0 atom stereocenters. The molecular weight excluding hydrogens is 347 g/mol. The summed E-state index contributed by atoms with van der Waals surface area (Å²) >= 11 is 11.7. The normalized spacial score (nSPS) is 10.8. The van der Waals surface area contributed by atoms with E-state index >= 15 is 0 Å². The van der Waals surface area contributed by atoms with E-state index in [9.17, 15) is 9.59 Å². The predicted octanol–water partition coefficient (Wildman–Crippen LogP) is 3.57. The highest BCUT2D eigenvalue weighted by Crippen LogP contribution is 2.19. The molecular formula is C18H14Cl2N2O2. The molecule has 0 aliphatic heterocycles. The number of rotatable bonds is 3. The fourth-order valence-corrected chi connectivity index (χ4v) is 2.74. The van der Waals surface area contributed by atoms with Crippen molar-refractivity contribution in [1.82, 2.24) is 9.13 Å². The maximum atomic E-state index is 12.6. The monoisotopic (exact) mass is 360 g/mol. The lowest BCUT2D eigenvalue weighted by atomic mass is 10.1. The van der Waals surface area contributed by atoms with E-state index in [1.807, 2.05) is 0 Å². The van der Waals surface area contributed by atoms with Crippen LogP contribution in [0.25, 0.3) is 11.3 Å². The summed E-state index contributed by atoms with van der Waals surface area (Å²) < 4.78 is 2.66. The second-order valence-corrected chi connectivity index (χ2v) is 6.30. The summed E-state index contributed by atoms with van der Waals surface area (Å²) in [5, 5.41) is 1.21. The van der Waals surface area contributed by atoms with Gasteiger partial charge in [0.05, 0.1) is 12.2 Å². The molecule has 1 heterocycles. The van der Waals surface area contributed by atoms with Gasteiger partial charge in [-0.3, -0.25) is 13.9 Å². The third-order valence-corrected chi connectivity index (χ3v) is 4.30. The smallest absolute Gasteiger partial charge is 0.296 e. The molecule has 0 bridgehead atoms. The fourth-order valence-electron chi connectivity index (χ4n) is 2.49. The zero-order chi connectivity index (χ0) is 17.3. The van der Waals surface area contributed by atoms with Crippen molar-refractivity contribution < 1.29 is 0 Å². The van der Waals surface area contributed by atoms with Crippen LogP contribution in [0.1, 0.15) is 5.56 Å². The summed E-state index contributed by atoms with van der Waals surface area (Å²) in [6.07, 6.45) is 0. The second kappa shape index (κ2) is 6.67. The molecule has 0 aliphatic rings. The van der Waals surface area contributed by atoms with Gasteiger partial charge in [0, 0.05) is 23.2 Å². The van der Waals surface area contributed by atoms with E-state index in [-0.39, 0.29) is 17.8 Å². The van der Waals surface area contributed by atoms with Crippen molar-refractivity contribution >= 4 is 23.2 Å². The highest BCUT2D eigenvalue weighted by atomic mass is 35.5. The fraction of sp³-hybridized carbons (Fsp3) is 0.111. The minimum Gasteiger partial charge on any atom is -0.296 e. The van der Waals surface area contributed by atoms with Crippen LogP contribution in [-0.4, -0.2) is 9.13 Å². The van der Waals surface area contributed by atoms with Gasteiger partial charge < -0.3 is 0 Å². The SMILES string of the molecule is Cn1c(-c2ccc(Cl)cc2)cc(=O)n(Cc2ccc(Cl)cc2)c1=O. The first kappa shape index (κ1) is 16.6. The molecule has 0 spiro atoms. The third-order valence-electron chi connectivity index (χ3n) is 3.80. The minimum absolute atomic E-state index is 0.198. The molecule has 0 saturated heterocycles. The van der Waals surface area contributed by atoms with E-state index in [1.165, 1.54) is 15.2 Å². The van der Waals surface area contributed by atoms with Gasteiger partial charge in [-0.25, -0.2) is 4.79 Å². The van der Waals surface area contributed by atoms with Crippen molar-refractivity contribution in [3.8, 4) is 11.3 Å². The number of aromatic nitrogens is 2. The Morgan fingerprint density at radius 1 is 0.875 bits per heavy atom. The highest BCUT2D eigenvalue weighted by molar-refractivity contribution is 6.30. The standard InChI is InChI=1S/C18H14Cl2N2O2/c1-21-16(13-4-8-15(20)9-5-13)10-17(23)22(18(21)24)11-12-2-6-14(19)7-3-12/h2-10H,11H2,1H3. The van der Waals surface area contributed by atoms with E-state index in [0.29, 0.717) is 15.7 Å². The molecule has 0 saturated carbocycles. The first-order chi connectivity index (χ1) is 11.5. The van der Waals surface area contributed by atoms with Crippen molar-refractivity contribution in [3.05, 3.63) is 91.0 Å². The van der Waals surface area contributed by atoms with Crippen molar-refractivity contribution in [2.45, 2.75) is 6.54 Å². The summed E-state index contributed by atoms with van der Waals surface area (Å²) in [6.45, 7) is 0.198. The van der Waals surface area contributed by atoms with Crippen molar-refractivity contribution in [2.75, 3.05) is 0 Å². The van der Waals surface area contributed by atoms with E-state index in [4.69, 9.17) is 23.2 Å². The number of nitrogens with zero attached hydrogens (tertiary/aromatic N) is 2. The molecule has 0 amide bonds. The van der Waals surface area contributed by atoms with E-state index in [0.717, 1.165) is 11.1 Å². The van der Waals surface area contributed by atoms with Gasteiger partial charge in [-0.1, -0.05) is 47.5 Å². The zero-order valence-electron chi connectivity index (χ0n) is 12.9. The van der Waals surface area contributed by atoms with Gasteiger partial charge in [0.2, 0.25) is 0 Å². The number of hydrogen-bond donors (Lipinski definition) is 0. The molecule has 0 fully saturated rings. The molecule has 0 unspecified atom stereocenters. The van der Waals surface area contributed by atoms with Crippen LogP contribution in [0, 0.1) is 0 Å². The van der Waals surface area contributed by atoms with E-state index < -0.39 is 0 Å². The summed E-state index contributed by atoms with van der Waals surface area (Å²) in [5.41, 5.74) is 1.42. The molecule has 0 N–H and O–H groups in total. The molecule has 6 heteroatoms. The molecule has 2 aromatic carbocycles. The lowest BCUT2D eigenvalue weighted by molar-refractivity contribution is 0.644. The minimum atomic E-state index is -0.373. The highest BCUT2D eigenvalue weighted by Gasteiger charge is 2.11. The number of benzene rings is 2. The van der Waals surface area contributed by atoms with Gasteiger partial charge in [-0.2, -0.15) is 0 Å². The van der Waals surface area contributed by atoms with Gasteiger partial charge in [0.15, 0.2) is 0 Å². The van der Waals surface area contributed by atoms with Crippen LogP contribution in [0.15, 0.2) is 64.2 Å². The van der Waals surface area contributed by atoms with Gasteiger partial charge >= 0.3 is 5.69 Å². The number of halogens is 2. The lowest BCUT2D eigenvalue weighted by Gasteiger charge is -2.12. The van der Waals surface area contributed by atoms with E-state index in [1.54, 1.807) is 55.6 Å². The Kier molecular flexibility index (Phi) is 4.60. The molecule has 1 aromatic heterocycles. The summed E-state index contributed by atoms with van der Waals surface area (Å²) in [7, 11) is 1.64. The Hall–Kier alpha value is -2.30. The summed E-state index contributed by atoms with van der Waals surface area (Å²) in [4.78, 5) is 25.0. The van der Waals surface area contributed by atoms with Crippen LogP contribution in [0.4, 0.5) is 0 Å². The zero-order valence-corrected chi connectivity index (χ0v) is 14.4. The van der Waals surface area contributed by atoms with Gasteiger partial charge in [0.1, 0.15) is 0 Å². The average Bonchev–Trinajstić information content (AvgIpc) is 2.57. The molecule has 24 heavy (non-hydrogen) atoms. The van der Waals surface area contributed by atoms with Gasteiger partial charge in [-0.05, 0) is 35.4 Å². The average molecular weight is 361 g/mol. The lowest BCUT2D eigenvalue weighted by Crippen LogP contribution is -2.39. The third kappa shape index (κ3) is 3.30. The Balaban J connectivity index is 2.06. The Morgan fingerprint density at radius 2 is 1.42 bits per heavy atom. The molecule has 3 rings (SSSR count). The summed E-state index contributed by atoms with van der Waals surface area (Å²) in [5.74, 6) is 0. The quantitative estimate of drug-likeness (QED) is 0.716. The Bertz CT molecular complexity index is 988. The molecule has 3 aromatic rings. The van der Waals surface area contributed by atoms with Crippen molar-refractivity contribution in [2.24, 2.45) is 7.05 Å². The van der Waals surface area contributed by atoms with Crippen LogP contribution in [-0.2, 0) is 13.6 Å². The largest absolute Gasteiger partial charge is 0.331 e. The molecule has 4 nitrogen and oxygen atoms in total. The Labute approximate surface area is 148 Å². The van der Waals surface area contributed by atoms with Crippen LogP contribution in [0.3, 0.4) is 0 Å². The molecule has 0 radical (unpaired) electrons. The number of hydrogen-bond acceptors (Lipinski definition) is 2. The second-order valence-electron chi connectivity index (χ2n) is 5.43. The first-order valence-electron chi connectivity index (χ1n) is 7.27. The molecule has 0 aliphatic carbocycles. The topological polar surface area (TPSA) is 44.0 Å². The first-order valence-corrected chi connectivity index (χ1v) is 8.02. The van der Waals surface area contributed by atoms with Crippen LogP contribution in [0.5, 0.6) is 0 Å². The maximum absolute atomic E-state index is 12.6. The van der Waals surface area contributed by atoms with Crippen LogP contribution >= 0.6 is 23.2 Å². The van der Waals surface area contributed by atoms with Crippen molar-refractivity contribution in [1.29, 1.82) is 0 Å². The van der Waals surface area contributed by atoms with Gasteiger partial charge in [0.25, 0.3) is 5.56 Å². The molecule has 122 valence electrons. The van der Waals surface area contributed by atoms with Crippen LogP contribution < -0.4 is 11.2 Å². The van der Waals surface area contributed by atoms with Crippen molar-refractivity contribution in [3.63, 3.8) is 0 Å². The maximum Gasteiger partial charge on any atom is 0.331 e. The summed E-state index contributed by atoms with van der Waals surface area (Å²) in [6, 6.07) is 15.5. The predicted molar refractivity (Wildman–Crippen MR) is 96.9 cm³/mol. The Morgan fingerprint density at radius 3 is 2.00 bits per heavy atom. The van der Waals surface area contributed by atoms with E-state index in [2.05, 4.69) is 0 Å². The van der Waals surface area contributed by atoms with Crippen LogP contribution in [0.2, 0.25) is 10.0 Å².